The van der Waals surface area contributed by atoms with Crippen molar-refractivity contribution < 1.29 is 4.74 Å². The van der Waals surface area contributed by atoms with Crippen LogP contribution in [0.25, 0.3) is 11.2 Å². The quantitative estimate of drug-likeness (QED) is 0.751. The molecule has 0 aromatic carbocycles. The number of anilines is 1. The maximum atomic E-state index is 6.03. The zero-order chi connectivity index (χ0) is 14.5. The van der Waals surface area contributed by atoms with E-state index in [1.165, 1.54) is 0 Å². The molecule has 6 heteroatoms. The van der Waals surface area contributed by atoms with E-state index in [1.54, 1.807) is 0 Å². The van der Waals surface area contributed by atoms with Crippen LogP contribution in [0.1, 0.15) is 38.8 Å². The van der Waals surface area contributed by atoms with Gasteiger partial charge in [0.2, 0.25) is 5.95 Å². The Kier molecular flexibility index (Phi) is 5.00. The fourth-order valence-corrected chi connectivity index (χ4v) is 2.39. The molecule has 0 amide bonds. The predicted octanol–water partition coefficient (Wildman–Crippen LogP) is 2.12. The van der Waals surface area contributed by atoms with E-state index in [-0.39, 0.29) is 0 Å². The van der Waals surface area contributed by atoms with Crippen LogP contribution in [0.5, 0.6) is 0 Å². The third-order valence-electron chi connectivity index (χ3n) is 3.41. The summed E-state index contributed by atoms with van der Waals surface area (Å²) in [7, 11) is 1.94. The molecule has 0 aliphatic heterocycles. The molecule has 6 nitrogen and oxygen atoms in total. The first-order chi connectivity index (χ1) is 9.69. The Morgan fingerprint density at radius 2 is 2.00 bits per heavy atom. The number of hydrogen-bond donors (Lipinski definition) is 1. The Bertz CT molecular complexity index is 557. The summed E-state index contributed by atoms with van der Waals surface area (Å²) < 4.78 is 9.48. The standard InChI is InChI=1S/C14H25N5O/c1-4-6-9-20-10-8-19-13-12(16-14(19)15)11(7-5-2)17-18(13)3/h4-10H2,1-3H3,(H2,15,16). The minimum atomic E-state index is 0.546. The summed E-state index contributed by atoms with van der Waals surface area (Å²) in [5.74, 6) is 0.546. The summed E-state index contributed by atoms with van der Waals surface area (Å²) in [5, 5.41) is 4.54. The molecule has 2 aromatic rings. The van der Waals surface area contributed by atoms with Crippen molar-refractivity contribution in [2.75, 3.05) is 18.9 Å². The molecule has 2 aromatic heterocycles. The Balaban J connectivity index is 2.14. The number of nitrogen functional groups attached to an aromatic ring is 1. The van der Waals surface area contributed by atoms with Crippen LogP contribution < -0.4 is 5.73 Å². The van der Waals surface area contributed by atoms with Gasteiger partial charge in [-0.25, -0.2) is 4.98 Å². The lowest BCUT2D eigenvalue weighted by molar-refractivity contribution is 0.124. The number of nitrogens with zero attached hydrogens (tertiary/aromatic N) is 4. The van der Waals surface area contributed by atoms with Gasteiger partial charge in [0.05, 0.1) is 18.8 Å². The second kappa shape index (κ2) is 6.74. The second-order valence-electron chi connectivity index (χ2n) is 5.08. The number of rotatable bonds is 8. The van der Waals surface area contributed by atoms with Crippen molar-refractivity contribution >= 4 is 17.1 Å². The molecule has 0 bridgehead atoms. The van der Waals surface area contributed by atoms with Crippen LogP contribution in [0.3, 0.4) is 0 Å². The zero-order valence-electron chi connectivity index (χ0n) is 12.7. The lowest BCUT2D eigenvalue weighted by Crippen LogP contribution is -2.11. The predicted molar refractivity (Wildman–Crippen MR) is 80.6 cm³/mol. The summed E-state index contributed by atoms with van der Waals surface area (Å²) in [6.45, 7) is 6.48. The Morgan fingerprint density at radius 3 is 2.70 bits per heavy atom. The maximum Gasteiger partial charge on any atom is 0.202 e. The van der Waals surface area contributed by atoms with Gasteiger partial charge < -0.3 is 10.5 Å². The summed E-state index contributed by atoms with van der Waals surface area (Å²) >= 11 is 0. The third-order valence-corrected chi connectivity index (χ3v) is 3.41. The van der Waals surface area contributed by atoms with E-state index in [9.17, 15) is 0 Å². The first kappa shape index (κ1) is 14.8. The molecule has 0 aliphatic rings. The number of imidazole rings is 1. The molecule has 20 heavy (non-hydrogen) atoms. The Labute approximate surface area is 119 Å². The molecule has 0 saturated heterocycles. The Morgan fingerprint density at radius 1 is 1.20 bits per heavy atom. The third kappa shape index (κ3) is 2.95. The zero-order valence-corrected chi connectivity index (χ0v) is 12.7. The summed E-state index contributed by atoms with van der Waals surface area (Å²) in [4.78, 5) is 4.47. The van der Waals surface area contributed by atoms with Crippen LogP contribution in [0.4, 0.5) is 5.95 Å². The normalized spacial score (nSPS) is 11.6. The fourth-order valence-electron chi connectivity index (χ4n) is 2.39. The summed E-state index contributed by atoms with van der Waals surface area (Å²) in [5.41, 5.74) is 8.98. The van der Waals surface area contributed by atoms with Gasteiger partial charge in [-0.15, -0.1) is 0 Å². The van der Waals surface area contributed by atoms with Crippen molar-refractivity contribution in [3.8, 4) is 0 Å². The molecule has 0 aliphatic carbocycles. The van der Waals surface area contributed by atoms with Crippen LogP contribution in [0.15, 0.2) is 0 Å². The number of ether oxygens (including phenoxy) is 1. The molecule has 2 rings (SSSR count). The van der Waals surface area contributed by atoms with Crippen LogP contribution in [-0.2, 0) is 24.8 Å². The molecule has 0 saturated carbocycles. The lowest BCUT2D eigenvalue weighted by atomic mass is 10.2. The molecule has 2 N–H and O–H groups in total. The van der Waals surface area contributed by atoms with E-state index in [4.69, 9.17) is 10.5 Å². The molecule has 112 valence electrons. The number of aryl methyl sites for hydroxylation is 2. The van der Waals surface area contributed by atoms with Gasteiger partial charge in [-0.3, -0.25) is 9.25 Å². The summed E-state index contributed by atoms with van der Waals surface area (Å²) in [6, 6.07) is 0. The molecular formula is C14H25N5O. The van der Waals surface area contributed by atoms with E-state index in [2.05, 4.69) is 23.9 Å². The van der Waals surface area contributed by atoms with Crippen molar-refractivity contribution in [3.05, 3.63) is 5.69 Å². The van der Waals surface area contributed by atoms with Gasteiger partial charge >= 0.3 is 0 Å². The molecule has 0 fully saturated rings. The minimum absolute atomic E-state index is 0.546. The monoisotopic (exact) mass is 279 g/mol. The molecule has 0 unspecified atom stereocenters. The number of hydrogen-bond acceptors (Lipinski definition) is 4. The van der Waals surface area contributed by atoms with Crippen LogP contribution >= 0.6 is 0 Å². The molecule has 2 heterocycles. The molecule has 0 atom stereocenters. The average molecular weight is 279 g/mol. The smallest absolute Gasteiger partial charge is 0.202 e. The minimum Gasteiger partial charge on any atom is -0.380 e. The topological polar surface area (TPSA) is 70.9 Å². The first-order valence-electron chi connectivity index (χ1n) is 7.44. The maximum absolute atomic E-state index is 6.03. The summed E-state index contributed by atoms with van der Waals surface area (Å²) in [6.07, 6.45) is 4.24. The largest absolute Gasteiger partial charge is 0.380 e. The molecule has 0 radical (unpaired) electrons. The number of unbranched alkanes of at least 4 members (excludes halogenated alkanes) is 1. The highest BCUT2D eigenvalue weighted by Crippen LogP contribution is 2.21. The van der Waals surface area contributed by atoms with Gasteiger partial charge in [-0.1, -0.05) is 26.7 Å². The number of aromatic nitrogens is 4. The number of nitrogens with two attached hydrogens (primary N) is 1. The van der Waals surface area contributed by atoms with E-state index in [0.29, 0.717) is 12.6 Å². The van der Waals surface area contributed by atoms with Gasteiger partial charge in [0, 0.05) is 13.7 Å². The van der Waals surface area contributed by atoms with E-state index < -0.39 is 0 Å². The second-order valence-corrected chi connectivity index (χ2v) is 5.08. The molecule has 0 spiro atoms. The molecular weight excluding hydrogens is 254 g/mol. The Hall–Kier alpha value is -1.56. The van der Waals surface area contributed by atoms with Crippen molar-refractivity contribution in [3.63, 3.8) is 0 Å². The van der Waals surface area contributed by atoms with Gasteiger partial charge in [0.15, 0.2) is 5.65 Å². The highest BCUT2D eigenvalue weighted by molar-refractivity contribution is 5.77. The first-order valence-corrected chi connectivity index (χ1v) is 7.44. The highest BCUT2D eigenvalue weighted by atomic mass is 16.5. The fraction of sp³-hybridized carbons (Fsp3) is 0.714. The van der Waals surface area contributed by atoms with E-state index >= 15 is 0 Å². The van der Waals surface area contributed by atoms with E-state index in [0.717, 1.165) is 55.7 Å². The van der Waals surface area contributed by atoms with Gasteiger partial charge in [0.25, 0.3) is 0 Å². The van der Waals surface area contributed by atoms with Crippen LogP contribution in [0, 0.1) is 0 Å². The lowest BCUT2D eigenvalue weighted by Gasteiger charge is -2.07. The number of fused-ring (bicyclic) bond motifs is 1. The van der Waals surface area contributed by atoms with Crippen molar-refractivity contribution in [2.45, 2.75) is 46.1 Å². The van der Waals surface area contributed by atoms with E-state index in [1.807, 2.05) is 16.3 Å². The SMILES string of the molecule is CCCCOCCn1c(N)nc2c(CCC)nn(C)c21. The van der Waals surface area contributed by atoms with Gasteiger partial charge in [-0.05, 0) is 12.8 Å². The van der Waals surface area contributed by atoms with Crippen molar-refractivity contribution in [1.82, 2.24) is 19.3 Å². The van der Waals surface area contributed by atoms with Gasteiger partial charge in [0.1, 0.15) is 5.52 Å². The highest BCUT2D eigenvalue weighted by Gasteiger charge is 2.17. The van der Waals surface area contributed by atoms with Crippen LogP contribution in [-0.4, -0.2) is 32.5 Å². The van der Waals surface area contributed by atoms with Crippen molar-refractivity contribution in [1.29, 1.82) is 0 Å². The van der Waals surface area contributed by atoms with Crippen LogP contribution in [0.2, 0.25) is 0 Å². The van der Waals surface area contributed by atoms with Gasteiger partial charge in [-0.2, -0.15) is 5.10 Å². The van der Waals surface area contributed by atoms with Crippen molar-refractivity contribution in [2.24, 2.45) is 7.05 Å². The average Bonchev–Trinajstić information content (AvgIpc) is 2.89.